The molecule has 0 radical (unpaired) electrons. The lowest BCUT2D eigenvalue weighted by atomic mass is 9.96. The Morgan fingerprint density at radius 1 is 1.35 bits per heavy atom. The number of ether oxygens (including phenoxy) is 1. The summed E-state index contributed by atoms with van der Waals surface area (Å²) >= 11 is 6.30. The Balaban J connectivity index is 2.33. The summed E-state index contributed by atoms with van der Waals surface area (Å²) in [5.41, 5.74) is 4.64. The summed E-state index contributed by atoms with van der Waals surface area (Å²) in [4.78, 5) is 7.94. The van der Waals surface area contributed by atoms with Crippen LogP contribution in [0.15, 0.2) is 6.20 Å². The van der Waals surface area contributed by atoms with Gasteiger partial charge in [0.2, 0.25) is 0 Å². The monoisotopic (exact) mass is 293 g/mol. The predicted octanol–water partition coefficient (Wildman–Crippen LogP) is 2.19. The lowest BCUT2D eigenvalue weighted by molar-refractivity contribution is 0.185. The number of hydrogen-bond acceptors (Lipinski definition) is 5. The van der Waals surface area contributed by atoms with Crippen LogP contribution in [0.25, 0.3) is 11.3 Å². The molecule has 20 heavy (non-hydrogen) atoms. The minimum absolute atomic E-state index is 0.100. The van der Waals surface area contributed by atoms with Crippen molar-refractivity contribution in [1.82, 2.24) is 20.0 Å². The number of rotatable bonds is 2. The minimum Gasteiger partial charge on any atom is -0.380 e. The van der Waals surface area contributed by atoms with Crippen LogP contribution in [-0.4, -0.2) is 34.1 Å². The second kappa shape index (κ2) is 4.71. The molecule has 0 N–H and O–H groups in total. The molecule has 0 fully saturated rings. The van der Waals surface area contributed by atoms with Gasteiger partial charge in [-0.15, -0.1) is 0 Å². The highest BCUT2D eigenvalue weighted by Gasteiger charge is 2.33. The van der Waals surface area contributed by atoms with Gasteiger partial charge in [0.05, 0.1) is 18.3 Å². The van der Waals surface area contributed by atoms with E-state index in [-0.39, 0.29) is 6.04 Å². The van der Waals surface area contributed by atoms with Gasteiger partial charge >= 0.3 is 0 Å². The number of anilines is 1. The van der Waals surface area contributed by atoms with E-state index in [1.807, 2.05) is 14.1 Å². The van der Waals surface area contributed by atoms with E-state index in [1.54, 1.807) is 18.1 Å². The summed E-state index contributed by atoms with van der Waals surface area (Å²) in [6.07, 6.45) is 1.74. The van der Waals surface area contributed by atoms with Gasteiger partial charge in [0, 0.05) is 38.5 Å². The summed E-state index contributed by atoms with van der Waals surface area (Å²) < 4.78 is 5.26. The first-order valence-electron chi connectivity index (χ1n) is 6.35. The largest absolute Gasteiger partial charge is 0.380 e. The molecule has 1 aliphatic heterocycles. The summed E-state index contributed by atoms with van der Waals surface area (Å²) in [6.45, 7) is 2.54. The van der Waals surface area contributed by atoms with Crippen molar-refractivity contribution in [3.8, 4) is 11.3 Å². The summed E-state index contributed by atoms with van der Waals surface area (Å²) in [6, 6.07) is 0.100. The third-order valence-electron chi connectivity index (χ3n) is 3.69. The summed E-state index contributed by atoms with van der Waals surface area (Å²) in [7, 11) is 5.47. The van der Waals surface area contributed by atoms with Crippen LogP contribution < -0.4 is 4.90 Å². The molecule has 0 saturated carbocycles. The molecular formula is C13H16ClN5O. The highest BCUT2D eigenvalue weighted by Crippen LogP contribution is 2.46. The molecule has 0 amide bonds. The Bertz CT molecular complexity index is 669. The minimum atomic E-state index is 0.100. The van der Waals surface area contributed by atoms with Crippen LogP contribution in [-0.2, 0) is 18.4 Å². The van der Waals surface area contributed by atoms with E-state index >= 15 is 0 Å². The van der Waals surface area contributed by atoms with Crippen LogP contribution in [0.1, 0.15) is 24.2 Å². The topological polar surface area (TPSA) is 56.1 Å². The highest BCUT2D eigenvalue weighted by molar-refractivity contribution is 6.33. The number of aryl methyl sites for hydroxylation is 1. The smallest absolute Gasteiger partial charge is 0.153 e. The van der Waals surface area contributed by atoms with Gasteiger partial charge in [0.1, 0.15) is 11.4 Å². The number of fused-ring (bicyclic) bond motifs is 3. The normalized spacial score (nSPS) is 17.1. The zero-order valence-electron chi connectivity index (χ0n) is 11.9. The Hall–Kier alpha value is -1.66. The Morgan fingerprint density at radius 2 is 2.10 bits per heavy atom. The van der Waals surface area contributed by atoms with E-state index < -0.39 is 0 Å². The zero-order chi connectivity index (χ0) is 14.4. The lowest BCUT2D eigenvalue weighted by Gasteiger charge is -2.33. The van der Waals surface area contributed by atoms with Gasteiger partial charge in [-0.3, -0.25) is 0 Å². The Morgan fingerprint density at radius 3 is 2.80 bits per heavy atom. The van der Waals surface area contributed by atoms with Gasteiger partial charge in [-0.25, -0.2) is 4.98 Å². The van der Waals surface area contributed by atoms with Crippen molar-refractivity contribution in [3.63, 3.8) is 0 Å². The SMILES string of the molecule is COCc1cnc(Cl)c2c1-c1nn(C)nc1C(C)N2C. The van der Waals surface area contributed by atoms with Crippen LogP contribution in [0, 0.1) is 0 Å². The number of nitrogens with zero attached hydrogens (tertiary/aromatic N) is 5. The van der Waals surface area contributed by atoms with E-state index in [1.165, 1.54) is 0 Å². The molecule has 0 saturated heterocycles. The fourth-order valence-electron chi connectivity index (χ4n) is 2.62. The maximum absolute atomic E-state index is 6.30. The third-order valence-corrected chi connectivity index (χ3v) is 3.97. The molecule has 3 rings (SSSR count). The van der Waals surface area contributed by atoms with Crippen LogP contribution >= 0.6 is 11.6 Å². The first kappa shape index (κ1) is 13.3. The van der Waals surface area contributed by atoms with E-state index in [0.717, 1.165) is 28.2 Å². The van der Waals surface area contributed by atoms with Crippen LogP contribution in [0.2, 0.25) is 5.15 Å². The van der Waals surface area contributed by atoms with E-state index in [4.69, 9.17) is 16.3 Å². The van der Waals surface area contributed by atoms with Crippen molar-refractivity contribution in [2.75, 3.05) is 19.1 Å². The van der Waals surface area contributed by atoms with Crippen LogP contribution in [0.5, 0.6) is 0 Å². The molecule has 106 valence electrons. The molecule has 7 heteroatoms. The maximum atomic E-state index is 6.30. The average Bonchev–Trinajstić information content (AvgIpc) is 2.80. The van der Waals surface area contributed by atoms with E-state index in [9.17, 15) is 0 Å². The van der Waals surface area contributed by atoms with Crippen molar-refractivity contribution in [2.24, 2.45) is 7.05 Å². The number of aromatic nitrogens is 4. The van der Waals surface area contributed by atoms with Gasteiger partial charge in [0.15, 0.2) is 5.15 Å². The van der Waals surface area contributed by atoms with Gasteiger partial charge in [-0.1, -0.05) is 11.6 Å². The molecule has 0 aromatic carbocycles. The van der Waals surface area contributed by atoms with E-state index in [0.29, 0.717) is 11.8 Å². The first-order valence-corrected chi connectivity index (χ1v) is 6.73. The first-order chi connectivity index (χ1) is 9.54. The molecule has 0 aliphatic carbocycles. The molecule has 2 aromatic heterocycles. The van der Waals surface area contributed by atoms with Crippen molar-refractivity contribution in [2.45, 2.75) is 19.6 Å². The van der Waals surface area contributed by atoms with Gasteiger partial charge in [0.25, 0.3) is 0 Å². The Labute approximate surface area is 122 Å². The van der Waals surface area contributed by atoms with Crippen molar-refractivity contribution in [1.29, 1.82) is 0 Å². The molecule has 3 heterocycles. The molecule has 0 spiro atoms. The molecule has 1 aliphatic rings. The zero-order valence-corrected chi connectivity index (χ0v) is 12.6. The van der Waals surface area contributed by atoms with Gasteiger partial charge in [-0.2, -0.15) is 15.0 Å². The van der Waals surface area contributed by atoms with Crippen molar-refractivity contribution < 1.29 is 4.74 Å². The predicted molar refractivity (Wildman–Crippen MR) is 76.8 cm³/mol. The fraction of sp³-hybridized carbons (Fsp3) is 0.462. The summed E-state index contributed by atoms with van der Waals surface area (Å²) in [5, 5.41) is 9.45. The quantitative estimate of drug-likeness (QED) is 0.795. The number of methoxy groups -OCH3 is 1. The van der Waals surface area contributed by atoms with Crippen LogP contribution in [0.3, 0.4) is 0 Å². The second-order valence-corrected chi connectivity index (χ2v) is 5.30. The number of pyridine rings is 1. The molecule has 0 bridgehead atoms. The fourth-order valence-corrected chi connectivity index (χ4v) is 2.90. The van der Waals surface area contributed by atoms with E-state index in [2.05, 4.69) is 27.0 Å². The standard InChI is InChI=1S/C13H16ClN5O/c1-7-10-11(17-19(3)16-10)9-8(6-20-4)5-15-13(14)12(9)18(7)2/h5,7H,6H2,1-4H3. The Kier molecular flexibility index (Phi) is 3.14. The average molecular weight is 294 g/mol. The van der Waals surface area contributed by atoms with Crippen molar-refractivity contribution >= 4 is 17.3 Å². The third kappa shape index (κ3) is 1.79. The van der Waals surface area contributed by atoms with Gasteiger partial charge in [-0.05, 0) is 6.92 Å². The molecule has 1 atom stereocenters. The molecular weight excluding hydrogens is 278 g/mol. The second-order valence-electron chi connectivity index (χ2n) is 4.94. The molecule has 2 aromatic rings. The maximum Gasteiger partial charge on any atom is 0.153 e. The molecule has 1 unspecified atom stereocenters. The summed E-state index contributed by atoms with van der Waals surface area (Å²) in [5.74, 6) is 0. The number of halogens is 1. The lowest BCUT2D eigenvalue weighted by Crippen LogP contribution is -2.27. The number of hydrogen-bond donors (Lipinski definition) is 0. The molecule has 6 nitrogen and oxygen atoms in total. The van der Waals surface area contributed by atoms with Crippen molar-refractivity contribution in [3.05, 3.63) is 22.6 Å². The van der Waals surface area contributed by atoms with Crippen LogP contribution in [0.4, 0.5) is 5.69 Å². The highest BCUT2D eigenvalue weighted by atomic mass is 35.5. The van der Waals surface area contributed by atoms with Gasteiger partial charge < -0.3 is 9.64 Å².